The van der Waals surface area contributed by atoms with Crippen LogP contribution in [0.15, 0.2) is 0 Å². The highest BCUT2D eigenvalue weighted by Gasteiger charge is 2.50. The number of esters is 1. The van der Waals surface area contributed by atoms with Crippen molar-refractivity contribution in [3.05, 3.63) is 0 Å². The topological polar surface area (TPSA) is 43.4 Å². The van der Waals surface area contributed by atoms with E-state index < -0.39 is 5.41 Å². The molecule has 0 spiro atoms. The zero-order valence-electron chi connectivity index (χ0n) is 8.42. The number of carbonyl (C=O) groups excluding carboxylic acids is 2. The molecule has 13 heavy (non-hydrogen) atoms. The summed E-state index contributed by atoms with van der Waals surface area (Å²) in [6.07, 6.45) is 1.72. The van der Waals surface area contributed by atoms with Crippen molar-refractivity contribution in [2.24, 2.45) is 11.3 Å². The lowest BCUT2D eigenvalue weighted by Gasteiger charge is -2.22. The standard InChI is InChI=1S/C10H16O3/c1-4-10(9(12)13-3)6-7(2)5-8(10)11/h7H,4-6H2,1-3H3. The monoisotopic (exact) mass is 184 g/mol. The van der Waals surface area contributed by atoms with Gasteiger partial charge in [0.05, 0.1) is 7.11 Å². The molecule has 0 saturated heterocycles. The second kappa shape index (κ2) is 3.48. The molecule has 3 heteroatoms. The van der Waals surface area contributed by atoms with Crippen molar-refractivity contribution >= 4 is 11.8 Å². The normalized spacial score (nSPS) is 33.5. The summed E-state index contributed by atoms with van der Waals surface area (Å²) in [5, 5.41) is 0. The lowest BCUT2D eigenvalue weighted by Crippen LogP contribution is -2.35. The first-order valence-electron chi connectivity index (χ1n) is 4.68. The van der Waals surface area contributed by atoms with Gasteiger partial charge in [0, 0.05) is 6.42 Å². The van der Waals surface area contributed by atoms with Gasteiger partial charge in [0.15, 0.2) is 0 Å². The van der Waals surface area contributed by atoms with Crippen LogP contribution in [0.1, 0.15) is 33.1 Å². The summed E-state index contributed by atoms with van der Waals surface area (Å²) >= 11 is 0. The summed E-state index contributed by atoms with van der Waals surface area (Å²) in [6, 6.07) is 0. The van der Waals surface area contributed by atoms with E-state index in [0.29, 0.717) is 25.2 Å². The fourth-order valence-corrected chi connectivity index (χ4v) is 2.17. The fourth-order valence-electron chi connectivity index (χ4n) is 2.17. The molecule has 0 heterocycles. The summed E-state index contributed by atoms with van der Waals surface area (Å²) in [4.78, 5) is 23.1. The highest BCUT2D eigenvalue weighted by molar-refractivity contribution is 6.05. The van der Waals surface area contributed by atoms with Crippen LogP contribution in [0, 0.1) is 11.3 Å². The zero-order chi connectivity index (χ0) is 10.1. The first kappa shape index (κ1) is 10.2. The molecule has 1 fully saturated rings. The molecule has 0 aliphatic heterocycles. The maximum atomic E-state index is 11.6. The summed E-state index contributed by atoms with van der Waals surface area (Å²) in [7, 11) is 1.34. The van der Waals surface area contributed by atoms with Crippen molar-refractivity contribution in [3.63, 3.8) is 0 Å². The Bertz CT molecular complexity index is 224. The van der Waals surface area contributed by atoms with Crippen LogP contribution in [0.2, 0.25) is 0 Å². The van der Waals surface area contributed by atoms with Crippen molar-refractivity contribution < 1.29 is 14.3 Å². The molecule has 1 saturated carbocycles. The predicted molar refractivity (Wildman–Crippen MR) is 48.1 cm³/mol. The molecule has 2 atom stereocenters. The fraction of sp³-hybridized carbons (Fsp3) is 0.800. The summed E-state index contributed by atoms with van der Waals surface area (Å²) in [5.74, 6) is 0.00486. The predicted octanol–water partition coefficient (Wildman–Crippen LogP) is 1.55. The molecule has 0 aromatic rings. The van der Waals surface area contributed by atoms with Crippen molar-refractivity contribution in [2.45, 2.75) is 33.1 Å². The number of ketones is 1. The van der Waals surface area contributed by atoms with Gasteiger partial charge < -0.3 is 4.74 Å². The lowest BCUT2D eigenvalue weighted by molar-refractivity contribution is -0.156. The van der Waals surface area contributed by atoms with E-state index in [1.165, 1.54) is 7.11 Å². The number of carbonyl (C=O) groups is 2. The first-order chi connectivity index (χ1) is 6.06. The Labute approximate surface area is 78.5 Å². The molecule has 0 amide bonds. The molecule has 0 aromatic heterocycles. The van der Waals surface area contributed by atoms with Gasteiger partial charge in [-0.25, -0.2) is 0 Å². The number of rotatable bonds is 2. The van der Waals surface area contributed by atoms with E-state index >= 15 is 0 Å². The molecule has 74 valence electrons. The first-order valence-corrected chi connectivity index (χ1v) is 4.68. The Morgan fingerprint density at radius 2 is 2.31 bits per heavy atom. The zero-order valence-corrected chi connectivity index (χ0v) is 8.42. The van der Waals surface area contributed by atoms with Gasteiger partial charge in [-0.1, -0.05) is 13.8 Å². The largest absolute Gasteiger partial charge is 0.468 e. The van der Waals surface area contributed by atoms with E-state index in [-0.39, 0.29) is 11.8 Å². The number of hydrogen-bond acceptors (Lipinski definition) is 3. The number of hydrogen-bond donors (Lipinski definition) is 0. The third kappa shape index (κ3) is 1.47. The molecule has 1 aliphatic carbocycles. The number of methoxy groups -OCH3 is 1. The second-order valence-electron chi connectivity index (χ2n) is 3.86. The van der Waals surface area contributed by atoms with Gasteiger partial charge in [0.25, 0.3) is 0 Å². The minimum absolute atomic E-state index is 0.0503. The van der Waals surface area contributed by atoms with Crippen molar-refractivity contribution in [1.29, 1.82) is 0 Å². The minimum atomic E-state index is -0.825. The van der Waals surface area contributed by atoms with Crippen LogP contribution in [0.4, 0.5) is 0 Å². The molecule has 0 radical (unpaired) electrons. The van der Waals surface area contributed by atoms with Crippen LogP contribution >= 0.6 is 0 Å². The van der Waals surface area contributed by atoms with E-state index in [0.717, 1.165) is 0 Å². The van der Waals surface area contributed by atoms with Crippen LogP contribution in [-0.2, 0) is 14.3 Å². The molecule has 1 aliphatic rings. The lowest BCUT2D eigenvalue weighted by atomic mass is 9.82. The molecule has 0 aromatic carbocycles. The third-order valence-electron chi connectivity index (χ3n) is 2.94. The average Bonchev–Trinajstić information content (AvgIpc) is 2.40. The Kier molecular flexibility index (Phi) is 2.74. The summed E-state index contributed by atoms with van der Waals surface area (Å²) in [6.45, 7) is 3.87. The van der Waals surface area contributed by atoms with E-state index in [2.05, 4.69) is 4.74 Å². The van der Waals surface area contributed by atoms with E-state index in [4.69, 9.17) is 0 Å². The Morgan fingerprint density at radius 3 is 2.62 bits per heavy atom. The van der Waals surface area contributed by atoms with Gasteiger partial charge >= 0.3 is 5.97 Å². The van der Waals surface area contributed by atoms with E-state index in [9.17, 15) is 9.59 Å². The third-order valence-corrected chi connectivity index (χ3v) is 2.94. The second-order valence-corrected chi connectivity index (χ2v) is 3.86. The molecule has 0 N–H and O–H groups in total. The summed E-state index contributed by atoms with van der Waals surface area (Å²) < 4.78 is 4.69. The van der Waals surface area contributed by atoms with Crippen LogP contribution in [0.25, 0.3) is 0 Å². The molecular weight excluding hydrogens is 168 g/mol. The Morgan fingerprint density at radius 1 is 1.69 bits per heavy atom. The smallest absolute Gasteiger partial charge is 0.319 e. The van der Waals surface area contributed by atoms with Gasteiger partial charge in [-0.05, 0) is 18.8 Å². The molecule has 1 rings (SSSR count). The maximum Gasteiger partial charge on any atom is 0.319 e. The Balaban J connectivity index is 2.93. The van der Waals surface area contributed by atoms with Crippen LogP contribution in [-0.4, -0.2) is 18.9 Å². The quantitative estimate of drug-likeness (QED) is 0.483. The number of Topliss-reactive ketones (excluding diaryl/α,β-unsaturated/α-hetero) is 1. The van der Waals surface area contributed by atoms with Crippen LogP contribution < -0.4 is 0 Å². The molecule has 2 unspecified atom stereocenters. The maximum absolute atomic E-state index is 11.6. The number of ether oxygens (including phenoxy) is 1. The summed E-state index contributed by atoms with van der Waals surface area (Å²) in [5.41, 5.74) is -0.825. The average molecular weight is 184 g/mol. The minimum Gasteiger partial charge on any atom is -0.468 e. The van der Waals surface area contributed by atoms with Gasteiger partial charge in [0.2, 0.25) is 0 Å². The van der Waals surface area contributed by atoms with Crippen LogP contribution in [0.3, 0.4) is 0 Å². The van der Waals surface area contributed by atoms with Crippen molar-refractivity contribution in [2.75, 3.05) is 7.11 Å². The van der Waals surface area contributed by atoms with Crippen LogP contribution in [0.5, 0.6) is 0 Å². The van der Waals surface area contributed by atoms with Gasteiger partial charge in [-0.15, -0.1) is 0 Å². The molecule has 3 nitrogen and oxygen atoms in total. The van der Waals surface area contributed by atoms with E-state index in [1.807, 2.05) is 13.8 Å². The Hall–Kier alpha value is -0.860. The highest BCUT2D eigenvalue weighted by atomic mass is 16.5. The van der Waals surface area contributed by atoms with Crippen molar-refractivity contribution in [1.82, 2.24) is 0 Å². The van der Waals surface area contributed by atoms with E-state index in [1.54, 1.807) is 0 Å². The molecule has 0 bridgehead atoms. The van der Waals surface area contributed by atoms with Gasteiger partial charge in [-0.3, -0.25) is 9.59 Å². The SMILES string of the molecule is CCC1(C(=O)OC)CC(C)CC1=O. The highest BCUT2D eigenvalue weighted by Crippen LogP contribution is 2.42. The van der Waals surface area contributed by atoms with Gasteiger partial charge in [-0.2, -0.15) is 0 Å². The van der Waals surface area contributed by atoms with Crippen molar-refractivity contribution in [3.8, 4) is 0 Å². The van der Waals surface area contributed by atoms with Gasteiger partial charge in [0.1, 0.15) is 11.2 Å². The molecular formula is C10H16O3.